The number of halogens is 3. The lowest BCUT2D eigenvalue weighted by atomic mass is 10.2. The molecule has 0 aliphatic carbocycles. The molecule has 0 spiro atoms. The summed E-state index contributed by atoms with van der Waals surface area (Å²) in [5.74, 6) is 0. The first-order valence-corrected chi connectivity index (χ1v) is 7.32. The van der Waals surface area contributed by atoms with Gasteiger partial charge in [0.25, 0.3) is 0 Å². The third-order valence-corrected chi connectivity index (χ3v) is 3.32. The number of urea groups is 1. The van der Waals surface area contributed by atoms with Crippen molar-refractivity contribution in [2.45, 2.75) is 13.1 Å². The van der Waals surface area contributed by atoms with E-state index in [-0.39, 0.29) is 17.2 Å². The zero-order chi connectivity index (χ0) is 18.0. The van der Waals surface area contributed by atoms with Gasteiger partial charge in [-0.1, -0.05) is 5.21 Å². The lowest BCUT2D eigenvalue weighted by molar-refractivity contribution is -0.137. The van der Waals surface area contributed by atoms with Gasteiger partial charge in [0.2, 0.25) is 0 Å². The van der Waals surface area contributed by atoms with Crippen molar-refractivity contribution in [3.63, 3.8) is 0 Å². The van der Waals surface area contributed by atoms with Crippen LogP contribution in [0, 0.1) is 0 Å². The first-order chi connectivity index (χ1) is 11.9. The zero-order valence-electron chi connectivity index (χ0n) is 13.0. The fraction of sp³-hybridized carbons (Fsp3) is 0.200. The molecule has 2 heterocycles. The quantitative estimate of drug-likeness (QED) is 0.761. The number of alkyl halides is 3. The summed E-state index contributed by atoms with van der Waals surface area (Å²) in [5.41, 5.74) is 0.480. The molecular weight excluding hydrogens is 337 g/mol. The smallest absolute Gasteiger partial charge is 0.338 e. The van der Waals surface area contributed by atoms with Crippen LogP contribution in [0.5, 0.6) is 0 Å². The van der Waals surface area contributed by atoms with Crippen LogP contribution < -0.4 is 10.6 Å². The van der Waals surface area contributed by atoms with Gasteiger partial charge in [-0.15, -0.1) is 5.10 Å². The topological polar surface area (TPSA) is 84.7 Å². The number of fused-ring (bicyclic) bond motifs is 1. The van der Waals surface area contributed by atoms with E-state index < -0.39 is 11.7 Å². The molecule has 2 aromatic heterocycles. The van der Waals surface area contributed by atoms with Gasteiger partial charge < -0.3 is 10.6 Å². The van der Waals surface area contributed by atoms with E-state index >= 15 is 0 Å². The van der Waals surface area contributed by atoms with Crippen molar-refractivity contribution in [1.29, 1.82) is 0 Å². The minimum Gasteiger partial charge on any atom is -0.338 e. The number of anilines is 1. The number of pyridine rings is 1. The van der Waals surface area contributed by atoms with Crippen molar-refractivity contribution in [2.75, 3.05) is 11.9 Å². The van der Waals surface area contributed by atoms with Crippen molar-refractivity contribution in [2.24, 2.45) is 0 Å². The van der Waals surface area contributed by atoms with Crippen LogP contribution in [0.4, 0.5) is 23.7 Å². The van der Waals surface area contributed by atoms with Crippen LogP contribution in [0.15, 0.2) is 36.5 Å². The fourth-order valence-electron chi connectivity index (χ4n) is 2.17. The van der Waals surface area contributed by atoms with Gasteiger partial charge in [0.05, 0.1) is 11.3 Å². The highest BCUT2D eigenvalue weighted by Crippen LogP contribution is 2.30. The number of benzene rings is 1. The normalized spacial score (nSPS) is 11.5. The molecular formula is C15H13F3N6O. The molecule has 0 saturated heterocycles. The molecule has 10 heteroatoms. The Morgan fingerprint density at radius 3 is 2.60 bits per heavy atom. The van der Waals surface area contributed by atoms with Crippen molar-refractivity contribution < 1.29 is 18.0 Å². The summed E-state index contributed by atoms with van der Waals surface area (Å²) in [5, 5.41) is 12.8. The molecule has 0 aliphatic heterocycles. The van der Waals surface area contributed by atoms with E-state index in [2.05, 4.69) is 25.9 Å². The Balaban J connectivity index is 1.88. The lowest BCUT2D eigenvalue weighted by Gasteiger charge is -2.07. The molecule has 25 heavy (non-hydrogen) atoms. The molecule has 0 aliphatic rings. The average Bonchev–Trinajstić information content (AvgIpc) is 2.98. The third-order valence-electron chi connectivity index (χ3n) is 3.32. The third kappa shape index (κ3) is 3.52. The Kier molecular flexibility index (Phi) is 4.26. The molecule has 2 N–H and O–H groups in total. The largest absolute Gasteiger partial charge is 0.417 e. The van der Waals surface area contributed by atoms with Crippen LogP contribution >= 0.6 is 0 Å². The number of carbonyl (C=O) groups excluding carboxylic acids is 1. The Bertz CT molecular complexity index is 904. The Hall–Kier alpha value is -3.17. The predicted octanol–water partition coefficient (Wildman–Crippen LogP) is 2.98. The summed E-state index contributed by atoms with van der Waals surface area (Å²) < 4.78 is 39.5. The van der Waals surface area contributed by atoms with Gasteiger partial charge in [-0.25, -0.2) is 9.78 Å². The molecule has 7 nitrogen and oxygen atoms in total. The SMILES string of the molecule is CCNC(=O)Nc1ccc(-n2nnc3cc(C(F)(F)F)cnc32)cc1. The maximum Gasteiger partial charge on any atom is 0.417 e. The van der Waals surface area contributed by atoms with Crippen LogP contribution in [0.3, 0.4) is 0 Å². The van der Waals surface area contributed by atoms with Crippen LogP contribution in [0.2, 0.25) is 0 Å². The first kappa shape index (κ1) is 16.7. The standard InChI is InChI=1S/C15H13F3N6O/c1-2-19-14(25)21-10-3-5-11(6-4-10)24-13-12(22-23-24)7-9(8-20-13)15(16,17)18/h3-8H,2H2,1H3,(H2,19,21,25). The predicted molar refractivity (Wildman–Crippen MR) is 84.4 cm³/mol. The van der Waals surface area contributed by atoms with Crippen molar-refractivity contribution in [3.05, 3.63) is 42.1 Å². The number of rotatable bonds is 3. The Morgan fingerprint density at radius 2 is 1.96 bits per heavy atom. The second-order valence-electron chi connectivity index (χ2n) is 5.10. The number of aromatic nitrogens is 4. The lowest BCUT2D eigenvalue weighted by Crippen LogP contribution is -2.28. The van der Waals surface area contributed by atoms with E-state index in [1.807, 2.05) is 0 Å². The summed E-state index contributed by atoms with van der Waals surface area (Å²) in [6.45, 7) is 2.30. The Labute approximate surface area is 139 Å². The summed E-state index contributed by atoms with van der Waals surface area (Å²) in [6, 6.07) is 7.15. The monoisotopic (exact) mass is 350 g/mol. The number of amides is 2. The fourth-order valence-corrected chi connectivity index (χ4v) is 2.17. The highest BCUT2D eigenvalue weighted by molar-refractivity contribution is 5.89. The molecule has 0 atom stereocenters. The van der Waals surface area contributed by atoms with E-state index in [1.165, 1.54) is 4.68 Å². The first-order valence-electron chi connectivity index (χ1n) is 7.32. The number of hydrogen-bond acceptors (Lipinski definition) is 4. The van der Waals surface area contributed by atoms with Gasteiger partial charge in [-0.3, -0.25) is 0 Å². The molecule has 0 unspecified atom stereocenters. The van der Waals surface area contributed by atoms with Gasteiger partial charge in [-0.2, -0.15) is 17.9 Å². The number of carbonyl (C=O) groups is 1. The van der Waals surface area contributed by atoms with E-state index in [0.717, 1.165) is 12.3 Å². The molecule has 0 saturated carbocycles. The number of nitrogens with one attached hydrogen (secondary N) is 2. The van der Waals surface area contributed by atoms with Crippen LogP contribution in [-0.4, -0.2) is 32.6 Å². The van der Waals surface area contributed by atoms with Crippen LogP contribution in [-0.2, 0) is 6.18 Å². The summed E-state index contributed by atoms with van der Waals surface area (Å²) >= 11 is 0. The summed E-state index contributed by atoms with van der Waals surface area (Å²) in [4.78, 5) is 15.3. The van der Waals surface area contributed by atoms with E-state index in [9.17, 15) is 18.0 Å². The van der Waals surface area contributed by atoms with Crippen molar-refractivity contribution in [3.8, 4) is 5.69 Å². The maximum absolute atomic E-state index is 12.7. The molecule has 130 valence electrons. The van der Waals surface area contributed by atoms with E-state index in [4.69, 9.17) is 0 Å². The van der Waals surface area contributed by atoms with Crippen LogP contribution in [0.1, 0.15) is 12.5 Å². The van der Waals surface area contributed by atoms with Gasteiger partial charge >= 0.3 is 12.2 Å². The minimum atomic E-state index is -4.49. The second-order valence-corrected chi connectivity index (χ2v) is 5.10. The maximum atomic E-state index is 12.7. The Morgan fingerprint density at radius 1 is 1.24 bits per heavy atom. The summed E-state index contributed by atoms with van der Waals surface area (Å²) in [7, 11) is 0. The van der Waals surface area contributed by atoms with Crippen LogP contribution in [0.25, 0.3) is 16.9 Å². The zero-order valence-corrected chi connectivity index (χ0v) is 13.0. The highest BCUT2D eigenvalue weighted by atomic mass is 19.4. The van der Waals surface area contributed by atoms with Gasteiger partial charge in [-0.05, 0) is 37.3 Å². The molecule has 3 aromatic rings. The highest BCUT2D eigenvalue weighted by Gasteiger charge is 2.31. The average molecular weight is 350 g/mol. The van der Waals surface area contributed by atoms with E-state index in [1.54, 1.807) is 31.2 Å². The molecule has 0 fully saturated rings. The van der Waals surface area contributed by atoms with Gasteiger partial charge in [0, 0.05) is 18.4 Å². The molecule has 3 rings (SSSR count). The van der Waals surface area contributed by atoms with Crippen molar-refractivity contribution >= 4 is 22.9 Å². The summed E-state index contributed by atoms with van der Waals surface area (Å²) in [6.07, 6.45) is -3.75. The number of nitrogens with zero attached hydrogens (tertiary/aromatic N) is 4. The van der Waals surface area contributed by atoms with E-state index in [0.29, 0.717) is 17.9 Å². The minimum absolute atomic E-state index is 0.0411. The van der Waals surface area contributed by atoms with Gasteiger partial charge in [0.1, 0.15) is 5.52 Å². The van der Waals surface area contributed by atoms with Crippen molar-refractivity contribution in [1.82, 2.24) is 25.3 Å². The molecule has 2 amide bonds. The van der Waals surface area contributed by atoms with Gasteiger partial charge in [0.15, 0.2) is 5.65 Å². The molecule has 1 aromatic carbocycles. The second kappa shape index (κ2) is 6.38. The molecule has 0 bridgehead atoms. The number of hydrogen-bond donors (Lipinski definition) is 2. The molecule has 0 radical (unpaired) electrons.